The second-order valence-electron chi connectivity index (χ2n) is 3.22. The van der Waals surface area contributed by atoms with Gasteiger partial charge in [-0.1, -0.05) is 17.7 Å². The van der Waals surface area contributed by atoms with E-state index in [1.807, 2.05) is 18.2 Å². The van der Waals surface area contributed by atoms with E-state index in [1.54, 1.807) is 0 Å². The van der Waals surface area contributed by atoms with Gasteiger partial charge in [-0.15, -0.1) is 0 Å². The van der Waals surface area contributed by atoms with Crippen molar-refractivity contribution in [1.29, 1.82) is 0 Å². The van der Waals surface area contributed by atoms with Crippen molar-refractivity contribution < 1.29 is 12.4 Å². The summed E-state index contributed by atoms with van der Waals surface area (Å²) in [5.74, 6) is 0. The van der Waals surface area contributed by atoms with Crippen LogP contribution in [-0.2, 0) is 0 Å². The van der Waals surface area contributed by atoms with Gasteiger partial charge in [0, 0.05) is 36.9 Å². The number of nitrogens with zero attached hydrogens (tertiary/aromatic N) is 1. The molecule has 0 aliphatic carbocycles. The molecule has 0 atom stereocenters. The van der Waals surface area contributed by atoms with Crippen LogP contribution in [0.3, 0.4) is 0 Å². The minimum Gasteiger partial charge on any atom is -1.00 e. The maximum atomic E-state index is 5.92. The molecular formula is C10H13Cl2N2-. The van der Waals surface area contributed by atoms with E-state index >= 15 is 0 Å². The Morgan fingerprint density at radius 2 is 1.93 bits per heavy atom. The lowest BCUT2D eigenvalue weighted by molar-refractivity contribution is -0.00000254. The number of hydrogen-bond donors (Lipinski definition) is 1. The highest BCUT2D eigenvalue weighted by Gasteiger charge is 2.09. The normalized spacial score (nSPS) is 16.2. The lowest BCUT2D eigenvalue weighted by Crippen LogP contribution is -3.00. The molecule has 1 aromatic carbocycles. The van der Waals surface area contributed by atoms with E-state index in [4.69, 9.17) is 11.6 Å². The van der Waals surface area contributed by atoms with Crippen molar-refractivity contribution in [2.45, 2.75) is 0 Å². The van der Waals surface area contributed by atoms with Crippen molar-refractivity contribution in [3.8, 4) is 0 Å². The first-order chi connectivity index (χ1) is 6.36. The number of anilines is 1. The van der Waals surface area contributed by atoms with Gasteiger partial charge in [-0.2, -0.15) is 0 Å². The molecule has 1 aliphatic rings. The summed E-state index contributed by atoms with van der Waals surface area (Å²) < 4.78 is 0. The smallest absolute Gasteiger partial charge is 0.0426 e. The molecule has 78 valence electrons. The Bertz CT molecular complexity index is 285. The van der Waals surface area contributed by atoms with Gasteiger partial charge in [-0.05, 0) is 18.2 Å². The van der Waals surface area contributed by atoms with Gasteiger partial charge < -0.3 is 22.6 Å². The van der Waals surface area contributed by atoms with Gasteiger partial charge in [0.15, 0.2) is 0 Å². The van der Waals surface area contributed by atoms with Crippen molar-refractivity contribution in [3.63, 3.8) is 0 Å². The zero-order chi connectivity index (χ0) is 9.10. The van der Waals surface area contributed by atoms with Crippen molar-refractivity contribution in [2.75, 3.05) is 31.1 Å². The average molecular weight is 232 g/mol. The Labute approximate surface area is 95.7 Å². The summed E-state index contributed by atoms with van der Waals surface area (Å²) in [6, 6.07) is 8.04. The van der Waals surface area contributed by atoms with Gasteiger partial charge >= 0.3 is 0 Å². The minimum absolute atomic E-state index is 0. The van der Waals surface area contributed by atoms with Crippen LogP contribution < -0.4 is 22.6 Å². The summed E-state index contributed by atoms with van der Waals surface area (Å²) in [6.45, 7) is 4.26. The van der Waals surface area contributed by atoms with Crippen LogP contribution in [0.5, 0.6) is 0 Å². The molecule has 1 N–H and O–H groups in total. The Morgan fingerprint density at radius 3 is 2.57 bits per heavy atom. The predicted molar refractivity (Wildman–Crippen MR) is 56.5 cm³/mol. The fourth-order valence-corrected chi connectivity index (χ4v) is 1.78. The van der Waals surface area contributed by atoms with E-state index in [9.17, 15) is 0 Å². The van der Waals surface area contributed by atoms with E-state index < -0.39 is 0 Å². The minimum atomic E-state index is 0. The van der Waals surface area contributed by atoms with Gasteiger partial charge in [0.05, 0.1) is 0 Å². The number of rotatable bonds is 1. The first-order valence-electron chi connectivity index (χ1n) is 4.57. The topological polar surface area (TPSA) is 15.3 Å². The summed E-state index contributed by atoms with van der Waals surface area (Å²) in [6.07, 6.45) is 0. The van der Waals surface area contributed by atoms with Gasteiger partial charge in [-0.3, -0.25) is 0 Å². The van der Waals surface area contributed by atoms with E-state index in [0.29, 0.717) is 0 Å². The molecular weight excluding hydrogens is 219 g/mol. The Morgan fingerprint density at radius 1 is 1.21 bits per heavy atom. The van der Waals surface area contributed by atoms with Crippen LogP contribution in [0.15, 0.2) is 24.3 Å². The van der Waals surface area contributed by atoms with Crippen LogP contribution in [0.25, 0.3) is 0 Å². The fourth-order valence-electron chi connectivity index (χ4n) is 1.60. The maximum absolute atomic E-state index is 5.92. The molecule has 1 saturated heterocycles. The molecule has 1 heterocycles. The van der Waals surface area contributed by atoms with Crippen LogP contribution >= 0.6 is 11.6 Å². The summed E-state index contributed by atoms with van der Waals surface area (Å²) in [5.41, 5.74) is 1.23. The zero-order valence-electron chi connectivity index (χ0n) is 7.84. The molecule has 4 heteroatoms. The molecule has 0 amide bonds. The standard InChI is InChI=1S/C10H13ClN2.ClH/c11-9-2-1-3-10(8-9)13-6-4-12-5-7-13;/h1-3,8,12H,4-7H2;1H/p-1. The highest BCUT2D eigenvalue weighted by molar-refractivity contribution is 6.30. The molecule has 1 aliphatic heterocycles. The highest BCUT2D eigenvalue weighted by Crippen LogP contribution is 2.19. The number of hydrogen-bond acceptors (Lipinski definition) is 2. The number of benzene rings is 1. The molecule has 0 saturated carbocycles. The molecule has 0 spiro atoms. The molecule has 0 unspecified atom stereocenters. The third-order valence-corrected chi connectivity index (χ3v) is 2.53. The van der Waals surface area contributed by atoms with Crippen molar-refractivity contribution >= 4 is 17.3 Å². The lowest BCUT2D eigenvalue weighted by atomic mass is 10.2. The molecule has 1 fully saturated rings. The van der Waals surface area contributed by atoms with Crippen LogP contribution in [0.2, 0.25) is 5.02 Å². The third-order valence-electron chi connectivity index (χ3n) is 2.29. The molecule has 2 nitrogen and oxygen atoms in total. The van der Waals surface area contributed by atoms with Crippen molar-refractivity contribution in [3.05, 3.63) is 29.3 Å². The molecule has 1 aromatic rings. The summed E-state index contributed by atoms with van der Waals surface area (Å²) >= 11 is 5.92. The first kappa shape index (κ1) is 11.6. The second kappa shape index (κ2) is 5.44. The SMILES string of the molecule is Clc1cccc(N2CCNCC2)c1.[Cl-]. The van der Waals surface area contributed by atoms with Crippen molar-refractivity contribution in [1.82, 2.24) is 5.32 Å². The average Bonchev–Trinajstić information content (AvgIpc) is 2.19. The molecule has 0 radical (unpaired) electrons. The summed E-state index contributed by atoms with van der Waals surface area (Å²) in [5, 5.41) is 4.14. The molecule has 14 heavy (non-hydrogen) atoms. The van der Waals surface area contributed by atoms with Crippen LogP contribution in [-0.4, -0.2) is 26.2 Å². The third kappa shape index (κ3) is 2.77. The first-order valence-corrected chi connectivity index (χ1v) is 4.95. The lowest BCUT2D eigenvalue weighted by Gasteiger charge is -2.29. The summed E-state index contributed by atoms with van der Waals surface area (Å²) in [7, 11) is 0. The highest BCUT2D eigenvalue weighted by atomic mass is 35.5. The van der Waals surface area contributed by atoms with E-state index in [-0.39, 0.29) is 12.4 Å². The second-order valence-corrected chi connectivity index (χ2v) is 3.65. The molecule has 0 bridgehead atoms. The van der Waals surface area contributed by atoms with E-state index in [0.717, 1.165) is 31.2 Å². The zero-order valence-corrected chi connectivity index (χ0v) is 9.35. The fraction of sp³-hybridized carbons (Fsp3) is 0.400. The summed E-state index contributed by atoms with van der Waals surface area (Å²) in [4.78, 5) is 2.35. The van der Waals surface area contributed by atoms with Crippen molar-refractivity contribution in [2.24, 2.45) is 0 Å². The Balaban J connectivity index is 0.000000980. The number of nitrogens with one attached hydrogen (secondary N) is 1. The Kier molecular flexibility index (Phi) is 4.52. The number of piperazine rings is 1. The predicted octanol–water partition coefficient (Wildman–Crippen LogP) is -1.25. The monoisotopic (exact) mass is 231 g/mol. The van der Waals surface area contributed by atoms with Gasteiger partial charge in [0.2, 0.25) is 0 Å². The van der Waals surface area contributed by atoms with Crippen LogP contribution in [0, 0.1) is 0 Å². The molecule has 2 rings (SSSR count). The van der Waals surface area contributed by atoms with Gasteiger partial charge in [-0.25, -0.2) is 0 Å². The van der Waals surface area contributed by atoms with Crippen LogP contribution in [0.4, 0.5) is 5.69 Å². The maximum Gasteiger partial charge on any atom is 0.0426 e. The number of halogens is 2. The molecule has 0 aromatic heterocycles. The largest absolute Gasteiger partial charge is 1.00 e. The van der Waals surface area contributed by atoms with Gasteiger partial charge in [0.1, 0.15) is 0 Å². The van der Waals surface area contributed by atoms with Crippen LogP contribution in [0.1, 0.15) is 0 Å². The van der Waals surface area contributed by atoms with E-state index in [1.165, 1.54) is 5.69 Å². The van der Waals surface area contributed by atoms with Gasteiger partial charge in [0.25, 0.3) is 0 Å². The quantitative estimate of drug-likeness (QED) is 0.651. The van der Waals surface area contributed by atoms with E-state index in [2.05, 4.69) is 16.3 Å². The Hall–Kier alpha value is -0.440.